The molecule has 0 atom stereocenters. The molecule has 0 saturated heterocycles. The van der Waals surface area contributed by atoms with Crippen molar-refractivity contribution in [3.05, 3.63) is 56.7 Å². The van der Waals surface area contributed by atoms with E-state index in [0.717, 1.165) is 11.8 Å². The molecule has 2 rings (SSSR count). The van der Waals surface area contributed by atoms with Gasteiger partial charge in [-0.3, -0.25) is 4.79 Å². The fourth-order valence-electron chi connectivity index (χ4n) is 1.81. The first kappa shape index (κ1) is 15.2. The highest BCUT2D eigenvalue weighted by atomic mass is 35.5. The molecule has 0 radical (unpaired) electrons. The Kier molecular flexibility index (Phi) is 4.37. The molecule has 0 aliphatic heterocycles. The standard InChI is InChI=1S/C14H12ClFN2O3/c1-3-8-7-18(11-6-9(15)4-5-10(11)16)17-12(13(8)19)14(20)21-2/h4-7H,3H2,1-2H3. The van der Waals surface area contributed by atoms with Crippen LogP contribution in [0.2, 0.25) is 5.02 Å². The van der Waals surface area contributed by atoms with Crippen LogP contribution in [0, 0.1) is 5.82 Å². The van der Waals surface area contributed by atoms with Gasteiger partial charge >= 0.3 is 5.97 Å². The lowest BCUT2D eigenvalue weighted by atomic mass is 10.2. The molecular weight excluding hydrogens is 299 g/mol. The molecule has 0 bridgehead atoms. The van der Waals surface area contributed by atoms with Gasteiger partial charge in [0.15, 0.2) is 0 Å². The monoisotopic (exact) mass is 310 g/mol. The summed E-state index contributed by atoms with van der Waals surface area (Å²) >= 11 is 5.84. The molecule has 5 nitrogen and oxygen atoms in total. The van der Waals surface area contributed by atoms with Gasteiger partial charge in [0, 0.05) is 16.8 Å². The molecule has 7 heteroatoms. The molecule has 0 saturated carbocycles. The van der Waals surface area contributed by atoms with Crippen LogP contribution < -0.4 is 5.43 Å². The molecule has 0 aliphatic carbocycles. The third-order valence-electron chi connectivity index (χ3n) is 2.91. The van der Waals surface area contributed by atoms with E-state index in [1.165, 1.54) is 24.4 Å². The number of benzene rings is 1. The molecule has 0 amide bonds. The summed E-state index contributed by atoms with van der Waals surface area (Å²) in [7, 11) is 1.15. The van der Waals surface area contributed by atoms with Crippen molar-refractivity contribution in [1.29, 1.82) is 0 Å². The Morgan fingerprint density at radius 1 is 1.48 bits per heavy atom. The van der Waals surface area contributed by atoms with Gasteiger partial charge in [-0.15, -0.1) is 0 Å². The van der Waals surface area contributed by atoms with Crippen LogP contribution in [-0.4, -0.2) is 22.9 Å². The minimum atomic E-state index is -0.869. The second-order valence-corrected chi connectivity index (χ2v) is 4.65. The van der Waals surface area contributed by atoms with Crippen LogP contribution in [0.3, 0.4) is 0 Å². The van der Waals surface area contributed by atoms with E-state index in [1.807, 2.05) is 0 Å². The van der Waals surface area contributed by atoms with Crippen LogP contribution in [0.5, 0.6) is 0 Å². The van der Waals surface area contributed by atoms with Crippen LogP contribution >= 0.6 is 11.6 Å². The molecule has 1 aromatic heterocycles. The van der Waals surface area contributed by atoms with Crippen molar-refractivity contribution in [2.24, 2.45) is 0 Å². The van der Waals surface area contributed by atoms with Crippen LogP contribution in [0.15, 0.2) is 29.2 Å². The average Bonchev–Trinajstić information content (AvgIpc) is 2.49. The highest BCUT2D eigenvalue weighted by molar-refractivity contribution is 6.30. The SMILES string of the molecule is CCc1cn(-c2cc(Cl)ccc2F)nc(C(=O)OC)c1=O. The number of aromatic nitrogens is 2. The van der Waals surface area contributed by atoms with Crippen molar-refractivity contribution in [2.45, 2.75) is 13.3 Å². The van der Waals surface area contributed by atoms with Crippen molar-refractivity contribution >= 4 is 17.6 Å². The summed E-state index contributed by atoms with van der Waals surface area (Å²) in [6.07, 6.45) is 1.75. The average molecular weight is 311 g/mol. The Morgan fingerprint density at radius 2 is 2.19 bits per heavy atom. The van der Waals surface area contributed by atoms with Gasteiger partial charge in [-0.05, 0) is 24.6 Å². The van der Waals surface area contributed by atoms with E-state index in [2.05, 4.69) is 9.84 Å². The zero-order valence-electron chi connectivity index (χ0n) is 11.4. The van der Waals surface area contributed by atoms with E-state index in [-0.39, 0.29) is 5.69 Å². The van der Waals surface area contributed by atoms with Crippen molar-refractivity contribution in [3.8, 4) is 5.69 Å². The van der Waals surface area contributed by atoms with E-state index in [0.29, 0.717) is 17.0 Å². The Morgan fingerprint density at radius 3 is 2.81 bits per heavy atom. The second kappa shape index (κ2) is 6.05. The normalized spacial score (nSPS) is 10.5. The maximum absolute atomic E-state index is 13.9. The lowest BCUT2D eigenvalue weighted by Gasteiger charge is -2.10. The number of hydrogen-bond donors (Lipinski definition) is 0. The zero-order valence-corrected chi connectivity index (χ0v) is 12.1. The van der Waals surface area contributed by atoms with Gasteiger partial charge in [-0.1, -0.05) is 18.5 Å². The molecule has 1 aromatic carbocycles. The number of nitrogens with zero attached hydrogens (tertiary/aromatic N) is 2. The van der Waals surface area contributed by atoms with Gasteiger partial charge in [0.05, 0.1) is 7.11 Å². The van der Waals surface area contributed by atoms with Crippen LogP contribution in [-0.2, 0) is 11.2 Å². The number of aryl methyl sites for hydroxylation is 1. The third kappa shape index (κ3) is 2.95. The van der Waals surface area contributed by atoms with E-state index in [4.69, 9.17) is 11.6 Å². The maximum Gasteiger partial charge on any atom is 0.362 e. The first-order chi connectivity index (χ1) is 9.97. The van der Waals surface area contributed by atoms with Crippen molar-refractivity contribution in [3.63, 3.8) is 0 Å². The number of hydrogen-bond acceptors (Lipinski definition) is 4. The number of esters is 1. The van der Waals surface area contributed by atoms with Crippen molar-refractivity contribution in [2.75, 3.05) is 7.11 Å². The third-order valence-corrected chi connectivity index (χ3v) is 3.14. The fourth-order valence-corrected chi connectivity index (χ4v) is 1.97. The highest BCUT2D eigenvalue weighted by Gasteiger charge is 2.18. The van der Waals surface area contributed by atoms with Gasteiger partial charge in [0.2, 0.25) is 11.1 Å². The molecule has 21 heavy (non-hydrogen) atoms. The number of rotatable bonds is 3. The summed E-state index contributed by atoms with van der Waals surface area (Å²) in [5.74, 6) is -1.44. The molecule has 0 spiro atoms. The topological polar surface area (TPSA) is 61.2 Å². The first-order valence-corrected chi connectivity index (χ1v) is 6.52. The Balaban J connectivity index is 2.72. The predicted octanol–water partition coefficient (Wildman–Crippen LogP) is 2.37. The van der Waals surface area contributed by atoms with Crippen LogP contribution in [0.4, 0.5) is 4.39 Å². The molecule has 2 aromatic rings. The lowest BCUT2D eigenvalue weighted by molar-refractivity contribution is 0.0590. The van der Waals surface area contributed by atoms with E-state index < -0.39 is 22.9 Å². The van der Waals surface area contributed by atoms with Crippen LogP contribution in [0.25, 0.3) is 5.69 Å². The Bertz CT molecular complexity index is 758. The predicted molar refractivity (Wildman–Crippen MR) is 75.5 cm³/mol. The van der Waals surface area contributed by atoms with Gasteiger partial charge in [0.1, 0.15) is 11.5 Å². The number of carbonyl (C=O) groups is 1. The van der Waals surface area contributed by atoms with E-state index in [1.54, 1.807) is 6.92 Å². The minimum absolute atomic E-state index is 0.0438. The zero-order chi connectivity index (χ0) is 15.6. The summed E-state index contributed by atoms with van der Waals surface area (Å²) in [5, 5.41) is 4.16. The number of halogens is 2. The molecule has 0 N–H and O–H groups in total. The van der Waals surface area contributed by atoms with Crippen molar-refractivity contribution in [1.82, 2.24) is 9.78 Å². The number of ether oxygens (including phenoxy) is 1. The summed E-state index contributed by atoms with van der Waals surface area (Å²) in [5.41, 5.74) is -0.550. The molecule has 0 aliphatic rings. The van der Waals surface area contributed by atoms with Crippen LogP contribution in [0.1, 0.15) is 23.0 Å². The fraction of sp³-hybridized carbons (Fsp3) is 0.214. The smallest absolute Gasteiger partial charge is 0.362 e. The van der Waals surface area contributed by atoms with Gasteiger partial charge in [-0.2, -0.15) is 5.10 Å². The Hall–Kier alpha value is -2.21. The van der Waals surface area contributed by atoms with Gasteiger partial charge < -0.3 is 4.74 Å². The first-order valence-electron chi connectivity index (χ1n) is 6.14. The quantitative estimate of drug-likeness (QED) is 0.817. The van der Waals surface area contributed by atoms with Gasteiger partial charge in [0.25, 0.3) is 0 Å². The molecular formula is C14H12ClFN2O3. The second-order valence-electron chi connectivity index (χ2n) is 4.22. The lowest BCUT2D eigenvalue weighted by Crippen LogP contribution is -2.25. The summed E-state index contributed by atoms with van der Waals surface area (Å²) in [6, 6.07) is 3.93. The largest absolute Gasteiger partial charge is 0.464 e. The van der Waals surface area contributed by atoms with E-state index in [9.17, 15) is 14.0 Å². The summed E-state index contributed by atoms with van der Waals surface area (Å²) in [4.78, 5) is 23.7. The maximum atomic E-state index is 13.9. The highest BCUT2D eigenvalue weighted by Crippen LogP contribution is 2.18. The summed E-state index contributed by atoms with van der Waals surface area (Å²) in [6.45, 7) is 1.75. The summed E-state index contributed by atoms with van der Waals surface area (Å²) < 4.78 is 19.5. The molecule has 0 fully saturated rings. The van der Waals surface area contributed by atoms with Gasteiger partial charge in [-0.25, -0.2) is 13.9 Å². The minimum Gasteiger partial charge on any atom is -0.464 e. The Labute approximate surface area is 124 Å². The number of methoxy groups -OCH3 is 1. The van der Waals surface area contributed by atoms with E-state index >= 15 is 0 Å². The molecule has 0 unspecified atom stereocenters. The number of carbonyl (C=O) groups excluding carboxylic acids is 1. The molecule has 110 valence electrons. The van der Waals surface area contributed by atoms with Crippen molar-refractivity contribution < 1.29 is 13.9 Å². The molecule has 1 heterocycles.